The number of nitrogens with zero attached hydrogens (tertiary/aromatic N) is 3. The van der Waals surface area contributed by atoms with Gasteiger partial charge >= 0.3 is 0 Å². The van der Waals surface area contributed by atoms with Crippen LogP contribution in [0.1, 0.15) is 0 Å². The fourth-order valence-corrected chi connectivity index (χ4v) is 1.73. The van der Waals surface area contributed by atoms with Crippen LogP contribution < -0.4 is 0 Å². The van der Waals surface area contributed by atoms with Gasteiger partial charge in [0.05, 0.1) is 5.39 Å². The Morgan fingerprint density at radius 3 is 2.93 bits per heavy atom. The Labute approximate surface area is 91.0 Å². The van der Waals surface area contributed by atoms with E-state index in [0.717, 1.165) is 11.0 Å². The van der Waals surface area contributed by atoms with Crippen LogP contribution in [-0.4, -0.2) is 14.5 Å². The largest absolute Gasteiger partial charge is 0.329 e. The average Bonchev–Trinajstić information content (AvgIpc) is 2.49. The summed E-state index contributed by atoms with van der Waals surface area (Å²) in [5, 5.41) is 1.34. The lowest BCUT2D eigenvalue weighted by Crippen LogP contribution is -1.95. The topological polar surface area (TPSA) is 30.7 Å². The molecule has 0 unspecified atom stereocenters. The standard InChI is InChI=1S/C9H7Cl2N3/c1-2-4-14-5-3-6-7(10)12-9(11)13-8(6)14/h2-3,5H,1,4H2. The number of aromatic nitrogens is 3. The van der Waals surface area contributed by atoms with Gasteiger partial charge < -0.3 is 4.57 Å². The van der Waals surface area contributed by atoms with Gasteiger partial charge in [0.1, 0.15) is 10.8 Å². The van der Waals surface area contributed by atoms with Crippen molar-refractivity contribution in [3.8, 4) is 0 Å². The van der Waals surface area contributed by atoms with Crippen LogP contribution in [0.15, 0.2) is 24.9 Å². The molecule has 14 heavy (non-hydrogen) atoms. The summed E-state index contributed by atoms with van der Waals surface area (Å²) in [5.74, 6) is 0. The summed E-state index contributed by atoms with van der Waals surface area (Å²) in [7, 11) is 0. The summed E-state index contributed by atoms with van der Waals surface area (Å²) in [6.45, 7) is 4.33. The van der Waals surface area contributed by atoms with Crippen LogP contribution in [0.2, 0.25) is 10.4 Å². The molecule has 5 heteroatoms. The lowest BCUT2D eigenvalue weighted by atomic mass is 10.4. The van der Waals surface area contributed by atoms with Crippen molar-refractivity contribution < 1.29 is 0 Å². The Hall–Kier alpha value is -1.06. The highest BCUT2D eigenvalue weighted by Gasteiger charge is 2.07. The molecule has 2 aromatic heterocycles. The lowest BCUT2D eigenvalue weighted by Gasteiger charge is -2.00. The van der Waals surface area contributed by atoms with Gasteiger partial charge in [-0.15, -0.1) is 6.58 Å². The molecule has 0 saturated heterocycles. The molecule has 0 saturated carbocycles. The SMILES string of the molecule is C=CCn1ccc2c(Cl)nc(Cl)nc21. The van der Waals surface area contributed by atoms with Gasteiger partial charge in [0.2, 0.25) is 5.28 Å². The Morgan fingerprint density at radius 2 is 2.21 bits per heavy atom. The minimum absolute atomic E-state index is 0.159. The van der Waals surface area contributed by atoms with Crippen LogP contribution in [0.5, 0.6) is 0 Å². The zero-order chi connectivity index (χ0) is 10.1. The monoisotopic (exact) mass is 227 g/mol. The number of rotatable bonds is 2. The zero-order valence-corrected chi connectivity index (χ0v) is 8.76. The van der Waals surface area contributed by atoms with E-state index in [2.05, 4.69) is 16.5 Å². The van der Waals surface area contributed by atoms with Gasteiger partial charge in [-0.1, -0.05) is 17.7 Å². The van der Waals surface area contributed by atoms with Gasteiger partial charge in [-0.3, -0.25) is 0 Å². The summed E-state index contributed by atoms with van der Waals surface area (Å²) in [4.78, 5) is 7.96. The second kappa shape index (κ2) is 3.59. The van der Waals surface area contributed by atoms with Crippen molar-refractivity contribution in [1.82, 2.24) is 14.5 Å². The van der Waals surface area contributed by atoms with Crippen LogP contribution in [0.3, 0.4) is 0 Å². The molecule has 0 aliphatic rings. The summed E-state index contributed by atoms with van der Waals surface area (Å²) in [5.41, 5.74) is 0.731. The summed E-state index contributed by atoms with van der Waals surface area (Å²) < 4.78 is 1.90. The Bertz CT molecular complexity index is 490. The number of halogens is 2. The lowest BCUT2D eigenvalue weighted by molar-refractivity contribution is 0.850. The predicted octanol–water partition coefficient (Wildman–Crippen LogP) is 2.92. The van der Waals surface area contributed by atoms with E-state index < -0.39 is 0 Å². The third kappa shape index (κ3) is 1.49. The molecule has 0 atom stereocenters. The van der Waals surface area contributed by atoms with E-state index in [0.29, 0.717) is 11.7 Å². The molecule has 3 nitrogen and oxygen atoms in total. The van der Waals surface area contributed by atoms with E-state index in [9.17, 15) is 0 Å². The maximum Gasteiger partial charge on any atom is 0.225 e. The normalized spacial score (nSPS) is 10.7. The second-order valence-corrected chi connectivity index (χ2v) is 3.47. The first-order valence-electron chi connectivity index (χ1n) is 4.01. The summed E-state index contributed by atoms with van der Waals surface area (Å²) in [6.07, 6.45) is 3.66. The van der Waals surface area contributed by atoms with Gasteiger partial charge in [-0.2, -0.15) is 4.98 Å². The zero-order valence-electron chi connectivity index (χ0n) is 7.24. The van der Waals surface area contributed by atoms with Gasteiger partial charge in [0.25, 0.3) is 0 Å². The number of hydrogen-bond acceptors (Lipinski definition) is 2. The van der Waals surface area contributed by atoms with Crippen molar-refractivity contribution in [3.63, 3.8) is 0 Å². The van der Waals surface area contributed by atoms with Crippen molar-refractivity contribution in [1.29, 1.82) is 0 Å². The fraction of sp³-hybridized carbons (Fsp3) is 0.111. The van der Waals surface area contributed by atoms with E-state index in [1.807, 2.05) is 16.8 Å². The smallest absolute Gasteiger partial charge is 0.225 e. The predicted molar refractivity (Wildman–Crippen MR) is 57.7 cm³/mol. The van der Waals surface area contributed by atoms with Crippen LogP contribution in [0, 0.1) is 0 Å². The van der Waals surface area contributed by atoms with Crippen LogP contribution in [0.25, 0.3) is 11.0 Å². The Kier molecular flexibility index (Phi) is 2.44. The quantitative estimate of drug-likeness (QED) is 0.449. The van der Waals surface area contributed by atoms with E-state index in [-0.39, 0.29) is 5.28 Å². The van der Waals surface area contributed by atoms with Crippen molar-refractivity contribution in [2.75, 3.05) is 0 Å². The first kappa shape index (κ1) is 9.49. The molecular weight excluding hydrogens is 221 g/mol. The van der Waals surface area contributed by atoms with Crippen LogP contribution in [-0.2, 0) is 6.54 Å². The maximum atomic E-state index is 5.90. The Morgan fingerprint density at radius 1 is 1.43 bits per heavy atom. The van der Waals surface area contributed by atoms with Crippen molar-refractivity contribution in [2.45, 2.75) is 6.54 Å². The molecule has 72 valence electrons. The minimum atomic E-state index is 0.159. The van der Waals surface area contributed by atoms with Crippen LogP contribution in [0.4, 0.5) is 0 Å². The van der Waals surface area contributed by atoms with Gasteiger partial charge in [-0.05, 0) is 17.7 Å². The third-order valence-electron chi connectivity index (χ3n) is 1.87. The van der Waals surface area contributed by atoms with E-state index in [4.69, 9.17) is 23.2 Å². The molecule has 0 amide bonds. The first-order valence-corrected chi connectivity index (χ1v) is 4.76. The van der Waals surface area contributed by atoms with Crippen molar-refractivity contribution in [3.05, 3.63) is 35.4 Å². The van der Waals surface area contributed by atoms with Crippen molar-refractivity contribution >= 4 is 34.2 Å². The molecule has 0 spiro atoms. The molecule has 0 radical (unpaired) electrons. The molecule has 0 aliphatic heterocycles. The maximum absolute atomic E-state index is 5.90. The highest BCUT2D eigenvalue weighted by atomic mass is 35.5. The molecule has 2 heterocycles. The molecule has 0 bridgehead atoms. The third-order valence-corrected chi connectivity index (χ3v) is 2.33. The Balaban J connectivity index is 2.71. The van der Waals surface area contributed by atoms with Gasteiger partial charge in [-0.25, -0.2) is 4.98 Å². The van der Waals surface area contributed by atoms with Gasteiger partial charge in [0, 0.05) is 12.7 Å². The molecule has 2 aromatic rings. The van der Waals surface area contributed by atoms with Crippen molar-refractivity contribution in [2.24, 2.45) is 0 Å². The number of hydrogen-bond donors (Lipinski definition) is 0. The summed E-state index contributed by atoms with van der Waals surface area (Å²) in [6, 6.07) is 1.86. The average molecular weight is 228 g/mol. The van der Waals surface area contributed by atoms with Crippen LogP contribution >= 0.6 is 23.2 Å². The second-order valence-electron chi connectivity index (χ2n) is 2.78. The van der Waals surface area contributed by atoms with E-state index in [1.54, 1.807) is 6.08 Å². The first-order chi connectivity index (χ1) is 6.72. The van der Waals surface area contributed by atoms with Gasteiger partial charge in [0.15, 0.2) is 0 Å². The highest BCUT2D eigenvalue weighted by Crippen LogP contribution is 2.22. The molecule has 0 N–H and O–H groups in total. The minimum Gasteiger partial charge on any atom is -0.329 e. The molecular formula is C9H7Cl2N3. The summed E-state index contributed by atoms with van der Waals surface area (Å²) >= 11 is 11.6. The highest BCUT2D eigenvalue weighted by molar-refractivity contribution is 6.35. The molecule has 2 rings (SSSR count). The number of fused-ring (bicyclic) bond motifs is 1. The molecule has 0 aromatic carbocycles. The molecule has 0 aliphatic carbocycles. The molecule has 0 fully saturated rings. The number of allylic oxidation sites excluding steroid dienone is 1. The fourth-order valence-electron chi connectivity index (χ4n) is 1.29. The van der Waals surface area contributed by atoms with E-state index >= 15 is 0 Å². The van der Waals surface area contributed by atoms with E-state index in [1.165, 1.54) is 0 Å².